The first kappa shape index (κ1) is 15.1. The number of phenols is 1. The van der Waals surface area contributed by atoms with Crippen molar-refractivity contribution in [3.63, 3.8) is 0 Å². The van der Waals surface area contributed by atoms with E-state index in [1.165, 1.54) is 12.1 Å². The standard InChI is InChI=1S/C15H13N5O2/c16-7-11-13(9-2-1-3-10(22)6-9)12(8-17)15(19-4-5-21)20-14(11)18/h1-3,6,21-22H,4-5H2,(H3,18,19,20). The van der Waals surface area contributed by atoms with E-state index in [0.29, 0.717) is 11.1 Å². The number of aromatic hydroxyl groups is 1. The van der Waals surface area contributed by atoms with Crippen molar-refractivity contribution in [3.05, 3.63) is 35.4 Å². The van der Waals surface area contributed by atoms with Gasteiger partial charge in [-0.3, -0.25) is 0 Å². The topological polar surface area (TPSA) is 139 Å². The number of nitriles is 2. The number of nitrogens with zero attached hydrogens (tertiary/aromatic N) is 3. The Kier molecular flexibility index (Phi) is 4.42. The predicted octanol–water partition coefficient (Wildman–Crippen LogP) is 1.18. The molecule has 7 nitrogen and oxygen atoms in total. The second-order valence-corrected chi connectivity index (χ2v) is 4.39. The first-order valence-corrected chi connectivity index (χ1v) is 6.40. The van der Waals surface area contributed by atoms with Crippen LogP contribution in [0.5, 0.6) is 5.75 Å². The van der Waals surface area contributed by atoms with E-state index in [-0.39, 0.29) is 41.7 Å². The highest BCUT2D eigenvalue weighted by Gasteiger charge is 2.20. The molecule has 1 aromatic carbocycles. The summed E-state index contributed by atoms with van der Waals surface area (Å²) in [5.41, 5.74) is 6.77. The Morgan fingerprint density at radius 2 is 1.95 bits per heavy atom. The summed E-state index contributed by atoms with van der Waals surface area (Å²) in [4.78, 5) is 4.01. The van der Waals surface area contributed by atoms with Crippen LogP contribution in [0.25, 0.3) is 11.1 Å². The van der Waals surface area contributed by atoms with Gasteiger partial charge in [0.15, 0.2) is 0 Å². The van der Waals surface area contributed by atoms with Crippen LogP contribution in [0.15, 0.2) is 24.3 Å². The molecule has 5 N–H and O–H groups in total. The lowest BCUT2D eigenvalue weighted by molar-refractivity contribution is 0.311. The van der Waals surface area contributed by atoms with E-state index >= 15 is 0 Å². The first-order chi connectivity index (χ1) is 10.6. The van der Waals surface area contributed by atoms with Gasteiger partial charge in [-0.1, -0.05) is 12.1 Å². The third kappa shape index (κ3) is 2.75. The number of aliphatic hydroxyl groups is 1. The van der Waals surface area contributed by atoms with Crippen LogP contribution in [-0.2, 0) is 0 Å². The van der Waals surface area contributed by atoms with Crippen molar-refractivity contribution < 1.29 is 10.2 Å². The Hall–Kier alpha value is -3.29. The number of aromatic nitrogens is 1. The van der Waals surface area contributed by atoms with Gasteiger partial charge in [0.05, 0.1) is 6.61 Å². The molecule has 0 aliphatic heterocycles. The molecule has 2 rings (SSSR count). The van der Waals surface area contributed by atoms with Crippen molar-refractivity contribution in [2.45, 2.75) is 0 Å². The number of hydrogen-bond acceptors (Lipinski definition) is 7. The molecule has 0 aliphatic rings. The van der Waals surface area contributed by atoms with Gasteiger partial charge in [-0.2, -0.15) is 10.5 Å². The highest BCUT2D eigenvalue weighted by molar-refractivity contribution is 5.85. The second kappa shape index (κ2) is 6.44. The molecule has 0 fully saturated rings. The number of hydrogen-bond donors (Lipinski definition) is 4. The van der Waals surface area contributed by atoms with Crippen molar-refractivity contribution in [1.82, 2.24) is 4.98 Å². The van der Waals surface area contributed by atoms with Crippen LogP contribution in [0.4, 0.5) is 11.6 Å². The van der Waals surface area contributed by atoms with Gasteiger partial charge in [-0.15, -0.1) is 0 Å². The third-order valence-electron chi connectivity index (χ3n) is 2.99. The van der Waals surface area contributed by atoms with Crippen LogP contribution in [0.3, 0.4) is 0 Å². The summed E-state index contributed by atoms with van der Waals surface area (Å²) in [6.07, 6.45) is 0. The number of nitrogens with two attached hydrogens (primary N) is 1. The van der Waals surface area contributed by atoms with Crippen molar-refractivity contribution in [3.8, 4) is 29.0 Å². The smallest absolute Gasteiger partial charge is 0.147 e. The van der Waals surface area contributed by atoms with E-state index < -0.39 is 0 Å². The molecule has 0 aliphatic carbocycles. The summed E-state index contributed by atoms with van der Waals surface area (Å²) in [6, 6.07) is 10.1. The zero-order chi connectivity index (χ0) is 16.1. The van der Waals surface area contributed by atoms with Gasteiger partial charge in [0, 0.05) is 12.1 Å². The van der Waals surface area contributed by atoms with Gasteiger partial charge >= 0.3 is 0 Å². The number of aliphatic hydroxyl groups excluding tert-OH is 1. The van der Waals surface area contributed by atoms with Crippen molar-refractivity contribution in [2.24, 2.45) is 0 Å². The summed E-state index contributed by atoms with van der Waals surface area (Å²) >= 11 is 0. The van der Waals surface area contributed by atoms with Crippen LogP contribution in [0.1, 0.15) is 11.1 Å². The largest absolute Gasteiger partial charge is 0.508 e. The van der Waals surface area contributed by atoms with Gasteiger partial charge in [0.1, 0.15) is 40.7 Å². The van der Waals surface area contributed by atoms with Gasteiger partial charge < -0.3 is 21.3 Å². The lowest BCUT2D eigenvalue weighted by Crippen LogP contribution is -2.12. The molecule has 1 heterocycles. The Balaban J connectivity index is 2.77. The van der Waals surface area contributed by atoms with Gasteiger partial charge in [0.2, 0.25) is 0 Å². The van der Waals surface area contributed by atoms with Crippen LogP contribution >= 0.6 is 0 Å². The number of pyridine rings is 1. The number of benzene rings is 1. The Labute approximate surface area is 126 Å². The molecule has 110 valence electrons. The maximum atomic E-state index is 9.62. The predicted molar refractivity (Wildman–Crippen MR) is 80.8 cm³/mol. The molecule has 7 heteroatoms. The van der Waals surface area contributed by atoms with E-state index in [9.17, 15) is 15.6 Å². The van der Waals surface area contributed by atoms with E-state index in [4.69, 9.17) is 10.8 Å². The number of nitrogen functional groups attached to an aromatic ring is 1. The Morgan fingerprint density at radius 3 is 2.55 bits per heavy atom. The molecule has 0 amide bonds. The summed E-state index contributed by atoms with van der Waals surface area (Å²) in [5, 5.41) is 40.1. The third-order valence-corrected chi connectivity index (χ3v) is 2.99. The van der Waals surface area contributed by atoms with E-state index in [0.717, 1.165) is 0 Å². The summed E-state index contributed by atoms with van der Waals surface area (Å²) in [6.45, 7) is 0.0421. The minimum atomic E-state index is -0.145. The molecule has 0 saturated heterocycles. The SMILES string of the molecule is N#Cc1c(N)nc(NCCO)c(C#N)c1-c1cccc(O)c1. The first-order valence-electron chi connectivity index (χ1n) is 6.40. The zero-order valence-electron chi connectivity index (χ0n) is 11.5. The zero-order valence-corrected chi connectivity index (χ0v) is 11.5. The number of phenolic OH excluding ortho intramolecular Hbond substituents is 1. The molecule has 1 aromatic heterocycles. The van der Waals surface area contributed by atoms with E-state index in [1.54, 1.807) is 12.1 Å². The lowest BCUT2D eigenvalue weighted by Gasteiger charge is -2.14. The maximum absolute atomic E-state index is 9.62. The lowest BCUT2D eigenvalue weighted by atomic mass is 9.96. The second-order valence-electron chi connectivity index (χ2n) is 4.39. The highest BCUT2D eigenvalue weighted by atomic mass is 16.3. The highest BCUT2D eigenvalue weighted by Crippen LogP contribution is 2.35. The minimum absolute atomic E-state index is 0.00512. The minimum Gasteiger partial charge on any atom is -0.508 e. The molecular weight excluding hydrogens is 282 g/mol. The molecule has 0 atom stereocenters. The summed E-state index contributed by atoms with van der Waals surface area (Å²) in [5.74, 6) is 0.164. The van der Waals surface area contributed by atoms with Crippen LogP contribution < -0.4 is 11.1 Å². The van der Waals surface area contributed by atoms with E-state index in [1.807, 2.05) is 12.1 Å². The average Bonchev–Trinajstić information content (AvgIpc) is 2.52. The molecular formula is C15H13N5O2. The van der Waals surface area contributed by atoms with Gasteiger partial charge in [-0.25, -0.2) is 4.98 Å². The van der Waals surface area contributed by atoms with Crippen molar-refractivity contribution in [1.29, 1.82) is 10.5 Å². The van der Waals surface area contributed by atoms with Gasteiger partial charge in [-0.05, 0) is 17.7 Å². The molecule has 0 unspecified atom stereocenters. The van der Waals surface area contributed by atoms with Crippen LogP contribution in [0.2, 0.25) is 0 Å². The number of nitrogens with one attached hydrogen (secondary N) is 1. The normalized spacial score (nSPS) is 9.77. The fourth-order valence-electron chi connectivity index (χ4n) is 2.08. The molecule has 0 spiro atoms. The van der Waals surface area contributed by atoms with Crippen LogP contribution in [0, 0.1) is 22.7 Å². The van der Waals surface area contributed by atoms with Crippen molar-refractivity contribution in [2.75, 3.05) is 24.2 Å². The summed E-state index contributed by atoms with van der Waals surface area (Å²) < 4.78 is 0. The molecule has 2 aromatic rings. The Bertz CT molecular complexity index is 790. The average molecular weight is 295 g/mol. The van der Waals surface area contributed by atoms with Gasteiger partial charge in [0.25, 0.3) is 0 Å². The van der Waals surface area contributed by atoms with Crippen LogP contribution in [-0.4, -0.2) is 28.3 Å². The molecule has 22 heavy (non-hydrogen) atoms. The van der Waals surface area contributed by atoms with Crippen molar-refractivity contribution >= 4 is 11.6 Å². The monoisotopic (exact) mass is 295 g/mol. The maximum Gasteiger partial charge on any atom is 0.147 e. The number of rotatable bonds is 4. The Morgan fingerprint density at radius 1 is 1.23 bits per heavy atom. The number of anilines is 2. The molecule has 0 radical (unpaired) electrons. The fourth-order valence-corrected chi connectivity index (χ4v) is 2.08. The fraction of sp³-hybridized carbons (Fsp3) is 0.133. The quantitative estimate of drug-likeness (QED) is 0.664. The summed E-state index contributed by atoms with van der Waals surface area (Å²) in [7, 11) is 0. The molecule has 0 bridgehead atoms. The molecule has 0 saturated carbocycles. The van der Waals surface area contributed by atoms with E-state index in [2.05, 4.69) is 10.3 Å².